The number of nitrogens with one attached hydrogen (secondary N) is 1. The van der Waals surface area contributed by atoms with Gasteiger partial charge in [-0.3, -0.25) is 4.79 Å². The number of nitrogens with zero attached hydrogens (tertiary/aromatic N) is 1. The van der Waals surface area contributed by atoms with Gasteiger partial charge in [0.05, 0.1) is 6.21 Å². The zero-order chi connectivity index (χ0) is 16.7. The molecule has 0 radical (unpaired) electrons. The Balaban J connectivity index is 1.97. The summed E-state index contributed by atoms with van der Waals surface area (Å²) in [6.45, 7) is 4.30. The Kier molecular flexibility index (Phi) is 6.06. The van der Waals surface area contributed by atoms with Crippen molar-refractivity contribution in [2.24, 2.45) is 5.10 Å². The number of carbonyl (C=O) groups excluding carboxylic acids is 1. The van der Waals surface area contributed by atoms with Crippen LogP contribution in [0, 0.1) is 0 Å². The van der Waals surface area contributed by atoms with Crippen molar-refractivity contribution < 1.29 is 9.53 Å². The van der Waals surface area contributed by atoms with E-state index in [0.29, 0.717) is 5.92 Å². The summed E-state index contributed by atoms with van der Waals surface area (Å²) in [5.41, 5.74) is 5.53. The zero-order valence-corrected chi connectivity index (χ0v) is 13.7. The molecule has 0 fully saturated rings. The molecule has 2 rings (SSSR count). The number of rotatable bonds is 6. The van der Waals surface area contributed by atoms with E-state index in [-0.39, 0.29) is 5.91 Å². The first kappa shape index (κ1) is 16.9. The molecule has 120 valence electrons. The molecule has 0 aliphatic heterocycles. The third-order valence-corrected chi connectivity index (χ3v) is 3.57. The molecule has 0 unspecified atom stereocenters. The average Bonchev–Trinajstić information content (AvgIpc) is 2.57. The summed E-state index contributed by atoms with van der Waals surface area (Å²) in [6.07, 6.45) is 0.955. The number of carbonyl (C=O) groups is 1. The van der Waals surface area contributed by atoms with Gasteiger partial charge in [-0.15, -0.1) is 0 Å². The van der Waals surface area contributed by atoms with Crippen molar-refractivity contribution in [2.75, 3.05) is 7.11 Å². The molecule has 23 heavy (non-hydrogen) atoms. The van der Waals surface area contributed by atoms with E-state index in [1.54, 1.807) is 6.21 Å². The van der Waals surface area contributed by atoms with Gasteiger partial charge >= 0.3 is 0 Å². The van der Waals surface area contributed by atoms with Gasteiger partial charge < -0.3 is 4.74 Å². The molecule has 0 bridgehead atoms. The summed E-state index contributed by atoms with van der Waals surface area (Å²) in [6, 6.07) is 17.4. The summed E-state index contributed by atoms with van der Waals surface area (Å²) in [7, 11) is 1.51. The molecule has 0 aliphatic carbocycles. The van der Waals surface area contributed by atoms with Crippen molar-refractivity contribution in [3.05, 3.63) is 71.3 Å². The Morgan fingerprint density at radius 1 is 1.04 bits per heavy atom. The highest BCUT2D eigenvalue weighted by Gasteiger charge is 2.18. The standard InChI is InChI=1S/C19H22N2O2/c1-14(2)16-11-9-15(10-12-16)13-20-21-19(22)18(23-3)17-7-5-4-6-8-17/h4-14,18H,1-3H3,(H,21,22)/b20-13-/t18-/m0/s1. The highest BCUT2D eigenvalue weighted by molar-refractivity contribution is 5.85. The zero-order valence-electron chi connectivity index (χ0n) is 13.7. The minimum absolute atomic E-state index is 0.297. The van der Waals surface area contributed by atoms with Crippen LogP contribution in [-0.4, -0.2) is 19.2 Å². The largest absolute Gasteiger partial charge is 0.367 e. The van der Waals surface area contributed by atoms with Crippen LogP contribution in [0.1, 0.15) is 42.6 Å². The van der Waals surface area contributed by atoms with Crippen LogP contribution in [0.2, 0.25) is 0 Å². The van der Waals surface area contributed by atoms with Gasteiger partial charge in [0.25, 0.3) is 5.91 Å². The number of hydrogen-bond donors (Lipinski definition) is 1. The first-order chi connectivity index (χ1) is 11.1. The van der Waals surface area contributed by atoms with Crippen LogP contribution in [0.3, 0.4) is 0 Å². The minimum Gasteiger partial charge on any atom is -0.367 e. The Hall–Kier alpha value is -2.46. The Labute approximate surface area is 137 Å². The first-order valence-electron chi connectivity index (χ1n) is 7.62. The number of hydrazone groups is 1. The quantitative estimate of drug-likeness (QED) is 0.654. The predicted molar refractivity (Wildman–Crippen MR) is 92.5 cm³/mol. The molecule has 0 spiro atoms. The van der Waals surface area contributed by atoms with E-state index in [1.807, 2.05) is 42.5 Å². The van der Waals surface area contributed by atoms with E-state index < -0.39 is 6.10 Å². The molecule has 0 aliphatic rings. The number of amides is 1. The fraction of sp³-hybridized carbons (Fsp3) is 0.263. The Bertz CT molecular complexity index is 649. The second kappa shape index (κ2) is 8.25. The third kappa shape index (κ3) is 4.76. The SMILES string of the molecule is CO[C@H](C(=O)N/N=C\c1ccc(C(C)C)cc1)c1ccccc1. The summed E-state index contributed by atoms with van der Waals surface area (Å²) in [5.74, 6) is 0.197. The molecule has 0 saturated carbocycles. The number of ether oxygens (including phenoxy) is 1. The van der Waals surface area contributed by atoms with E-state index >= 15 is 0 Å². The highest BCUT2D eigenvalue weighted by Crippen LogP contribution is 2.16. The van der Waals surface area contributed by atoms with Gasteiger partial charge in [0.1, 0.15) is 0 Å². The maximum atomic E-state index is 12.2. The lowest BCUT2D eigenvalue weighted by Crippen LogP contribution is -2.26. The normalized spacial score (nSPS) is 12.5. The molecule has 1 N–H and O–H groups in total. The van der Waals surface area contributed by atoms with Crippen molar-refractivity contribution in [1.29, 1.82) is 0 Å². The molecule has 0 aromatic heterocycles. The van der Waals surface area contributed by atoms with Crippen molar-refractivity contribution in [1.82, 2.24) is 5.43 Å². The summed E-state index contributed by atoms with van der Waals surface area (Å²) >= 11 is 0. The second-order valence-electron chi connectivity index (χ2n) is 5.58. The molecule has 1 amide bonds. The number of hydrogen-bond acceptors (Lipinski definition) is 3. The monoisotopic (exact) mass is 310 g/mol. The number of methoxy groups -OCH3 is 1. The van der Waals surface area contributed by atoms with Crippen molar-refractivity contribution in [2.45, 2.75) is 25.9 Å². The Morgan fingerprint density at radius 2 is 1.70 bits per heavy atom. The molecular formula is C19H22N2O2. The topological polar surface area (TPSA) is 50.7 Å². The van der Waals surface area contributed by atoms with Gasteiger partial charge in [0.2, 0.25) is 0 Å². The average molecular weight is 310 g/mol. The van der Waals surface area contributed by atoms with E-state index in [4.69, 9.17) is 4.74 Å². The minimum atomic E-state index is -0.670. The van der Waals surface area contributed by atoms with E-state index in [1.165, 1.54) is 12.7 Å². The van der Waals surface area contributed by atoms with Crippen LogP contribution in [0.4, 0.5) is 0 Å². The van der Waals surface area contributed by atoms with Gasteiger partial charge in [-0.2, -0.15) is 5.10 Å². The van der Waals surface area contributed by atoms with Gasteiger partial charge in [0.15, 0.2) is 6.10 Å². The van der Waals surface area contributed by atoms with Crippen LogP contribution in [0.5, 0.6) is 0 Å². The van der Waals surface area contributed by atoms with E-state index in [0.717, 1.165) is 11.1 Å². The molecule has 2 aromatic carbocycles. The highest BCUT2D eigenvalue weighted by atomic mass is 16.5. The maximum absolute atomic E-state index is 12.2. The first-order valence-corrected chi connectivity index (χ1v) is 7.62. The van der Waals surface area contributed by atoms with Crippen LogP contribution in [-0.2, 0) is 9.53 Å². The molecule has 4 nitrogen and oxygen atoms in total. The molecular weight excluding hydrogens is 288 g/mol. The van der Waals surface area contributed by atoms with Crippen LogP contribution >= 0.6 is 0 Å². The Morgan fingerprint density at radius 3 is 2.26 bits per heavy atom. The number of benzene rings is 2. The van der Waals surface area contributed by atoms with Gasteiger partial charge in [-0.05, 0) is 22.6 Å². The molecule has 0 heterocycles. The van der Waals surface area contributed by atoms with Gasteiger partial charge in [-0.25, -0.2) is 5.43 Å². The summed E-state index contributed by atoms with van der Waals surface area (Å²) in [4.78, 5) is 12.2. The van der Waals surface area contributed by atoms with Crippen LogP contribution < -0.4 is 5.43 Å². The van der Waals surface area contributed by atoms with Gasteiger partial charge in [-0.1, -0.05) is 68.4 Å². The van der Waals surface area contributed by atoms with Crippen molar-refractivity contribution in [3.8, 4) is 0 Å². The molecule has 1 atom stereocenters. The van der Waals surface area contributed by atoms with Crippen molar-refractivity contribution >= 4 is 12.1 Å². The third-order valence-electron chi connectivity index (χ3n) is 3.57. The van der Waals surface area contributed by atoms with Crippen LogP contribution in [0.25, 0.3) is 0 Å². The lowest BCUT2D eigenvalue weighted by Gasteiger charge is -2.13. The van der Waals surface area contributed by atoms with E-state index in [9.17, 15) is 4.79 Å². The predicted octanol–water partition coefficient (Wildman–Crippen LogP) is 3.65. The molecule has 2 aromatic rings. The molecule has 4 heteroatoms. The van der Waals surface area contributed by atoms with E-state index in [2.05, 4.69) is 36.5 Å². The summed E-state index contributed by atoms with van der Waals surface area (Å²) < 4.78 is 5.26. The lowest BCUT2D eigenvalue weighted by atomic mass is 10.0. The summed E-state index contributed by atoms with van der Waals surface area (Å²) in [5, 5.41) is 4.01. The lowest BCUT2D eigenvalue weighted by molar-refractivity contribution is -0.131. The molecule has 0 saturated heterocycles. The second-order valence-corrected chi connectivity index (χ2v) is 5.58. The van der Waals surface area contributed by atoms with Crippen LogP contribution in [0.15, 0.2) is 59.7 Å². The van der Waals surface area contributed by atoms with Gasteiger partial charge in [0, 0.05) is 7.11 Å². The van der Waals surface area contributed by atoms with Crippen molar-refractivity contribution in [3.63, 3.8) is 0 Å². The maximum Gasteiger partial charge on any atom is 0.273 e. The fourth-order valence-electron chi connectivity index (χ4n) is 2.22. The fourth-order valence-corrected chi connectivity index (χ4v) is 2.22. The smallest absolute Gasteiger partial charge is 0.273 e.